The standard InChI is InChI=1S/C12H13NO4S/c1-17-8-3-2-4-9-10(8)13-11(14)12(5-6-12)7-18(9,15)16/h2-4H,5-7H2,1H3,(H,13,14). The van der Waals surface area contributed by atoms with Gasteiger partial charge in [-0.25, -0.2) is 8.42 Å². The van der Waals surface area contributed by atoms with Crippen LogP contribution < -0.4 is 10.1 Å². The Bertz CT molecular complexity index is 631. The van der Waals surface area contributed by atoms with Crippen molar-refractivity contribution < 1.29 is 17.9 Å². The molecular formula is C12H13NO4S. The first-order valence-electron chi connectivity index (χ1n) is 5.70. The Balaban J connectivity index is 2.23. The molecular weight excluding hydrogens is 254 g/mol. The lowest BCUT2D eigenvalue weighted by Gasteiger charge is -2.11. The molecule has 1 aliphatic heterocycles. The van der Waals surface area contributed by atoms with E-state index in [2.05, 4.69) is 5.32 Å². The topological polar surface area (TPSA) is 72.5 Å². The lowest BCUT2D eigenvalue weighted by atomic mass is 10.1. The highest BCUT2D eigenvalue weighted by molar-refractivity contribution is 7.91. The predicted molar refractivity (Wildman–Crippen MR) is 65.3 cm³/mol. The van der Waals surface area contributed by atoms with Gasteiger partial charge < -0.3 is 10.1 Å². The molecule has 0 aromatic heterocycles. The minimum atomic E-state index is -3.45. The smallest absolute Gasteiger partial charge is 0.231 e. The van der Waals surface area contributed by atoms with Crippen molar-refractivity contribution in [1.82, 2.24) is 0 Å². The first-order chi connectivity index (χ1) is 8.48. The fraction of sp³-hybridized carbons (Fsp3) is 0.417. The summed E-state index contributed by atoms with van der Waals surface area (Å²) in [5.74, 6) is 0.0582. The highest BCUT2D eigenvalue weighted by atomic mass is 32.2. The van der Waals surface area contributed by atoms with Gasteiger partial charge in [-0.1, -0.05) is 6.07 Å². The van der Waals surface area contributed by atoms with Crippen molar-refractivity contribution in [2.24, 2.45) is 5.41 Å². The fourth-order valence-electron chi connectivity index (χ4n) is 2.34. The first kappa shape index (κ1) is 11.5. The lowest BCUT2D eigenvalue weighted by Crippen LogP contribution is -2.27. The molecule has 2 aliphatic rings. The summed E-state index contributed by atoms with van der Waals surface area (Å²) in [4.78, 5) is 12.2. The zero-order chi connectivity index (χ0) is 13.0. The number of para-hydroxylation sites is 1. The van der Waals surface area contributed by atoms with Crippen molar-refractivity contribution >= 4 is 21.4 Å². The van der Waals surface area contributed by atoms with Crippen molar-refractivity contribution in [3.05, 3.63) is 18.2 Å². The van der Waals surface area contributed by atoms with Gasteiger partial charge in [0.1, 0.15) is 11.4 Å². The number of anilines is 1. The molecule has 96 valence electrons. The molecule has 6 heteroatoms. The van der Waals surface area contributed by atoms with Gasteiger partial charge in [0.25, 0.3) is 0 Å². The van der Waals surface area contributed by atoms with E-state index in [-0.39, 0.29) is 22.2 Å². The Morgan fingerprint density at radius 2 is 2.06 bits per heavy atom. The van der Waals surface area contributed by atoms with E-state index in [1.807, 2.05) is 0 Å². The second-order valence-corrected chi connectivity index (χ2v) is 6.78. The van der Waals surface area contributed by atoms with Crippen molar-refractivity contribution in [1.29, 1.82) is 0 Å². The molecule has 1 aromatic carbocycles. The van der Waals surface area contributed by atoms with Gasteiger partial charge in [-0.2, -0.15) is 0 Å². The summed E-state index contributed by atoms with van der Waals surface area (Å²) >= 11 is 0. The van der Waals surface area contributed by atoms with Crippen LogP contribution in [-0.2, 0) is 14.6 Å². The number of ether oxygens (including phenoxy) is 1. The number of benzene rings is 1. The van der Waals surface area contributed by atoms with E-state index < -0.39 is 15.3 Å². The summed E-state index contributed by atoms with van der Waals surface area (Å²) in [5.41, 5.74) is -0.447. The number of carbonyl (C=O) groups excluding carboxylic acids is 1. The summed E-state index contributed by atoms with van der Waals surface area (Å²) in [6.07, 6.45) is 1.27. The number of carbonyl (C=O) groups is 1. The molecule has 3 rings (SSSR count). The summed E-state index contributed by atoms with van der Waals surface area (Å²) in [6, 6.07) is 4.76. The van der Waals surface area contributed by atoms with Gasteiger partial charge in [0.2, 0.25) is 5.91 Å². The quantitative estimate of drug-likeness (QED) is 0.830. The molecule has 1 amide bonds. The highest BCUT2D eigenvalue weighted by Gasteiger charge is 2.55. The van der Waals surface area contributed by atoms with E-state index in [4.69, 9.17) is 4.74 Å². The molecule has 0 atom stereocenters. The Labute approximate surface area is 105 Å². The third-order valence-corrected chi connectivity index (χ3v) is 5.53. The molecule has 1 aromatic rings. The van der Waals surface area contributed by atoms with E-state index in [1.54, 1.807) is 12.1 Å². The van der Waals surface area contributed by atoms with Crippen LogP contribution in [0.1, 0.15) is 12.8 Å². The number of hydrogen-bond acceptors (Lipinski definition) is 4. The zero-order valence-electron chi connectivity index (χ0n) is 9.89. The van der Waals surface area contributed by atoms with Crippen LogP contribution in [0, 0.1) is 5.41 Å². The number of fused-ring (bicyclic) bond motifs is 1. The van der Waals surface area contributed by atoms with Gasteiger partial charge in [-0.05, 0) is 25.0 Å². The maximum Gasteiger partial charge on any atom is 0.231 e. The highest BCUT2D eigenvalue weighted by Crippen LogP contribution is 2.51. The molecule has 1 spiro atoms. The van der Waals surface area contributed by atoms with Gasteiger partial charge in [0, 0.05) is 0 Å². The van der Waals surface area contributed by atoms with E-state index in [9.17, 15) is 13.2 Å². The number of hydrogen-bond donors (Lipinski definition) is 1. The van der Waals surface area contributed by atoms with Crippen LogP contribution >= 0.6 is 0 Å². The Morgan fingerprint density at radius 3 is 2.67 bits per heavy atom. The minimum absolute atomic E-state index is 0.105. The average molecular weight is 267 g/mol. The summed E-state index contributed by atoms with van der Waals surface area (Å²) in [6.45, 7) is 0. The molecule has 18 heavy (non-hydrogen) atoms. The molecule has 1 N–H and O–H groups in total. The third kappa shape index (κ3) is 1.52. The molecule has 1 saturated carbocycles. The van der Waals surface area contributed by atoms with Crippen LogP contribution in [0.15, 0.2) is 23.1 Å². The summed E-state index contributed by atoms with van der Waals surface area (Å²) in [5, 5.41) is 2.71. The maximum atomic E-state index is 12.3. The minimum Gasteiger partial charge on any atom is -0.495 e. The van der Waals surface area contributed by atoms with Crippen LogP contribution in [0.2, 0.25) is 0 Å². The lowest BCUT2D eigenvalue weighted by molar-refractivity contribution is -0.120. The van der Waals surface area contributed by atoms with Crippen LogP contribution in [0.4, 0.5) is 5.69 Å². The van der Waals surface area contributed by atoms with Gasteiger partial charge in [-0.15, -0.1) is 0 Å². The Hall–Kier alpha value is -1.56. The van der Waals surface area contributed by atoms with Crippen LogP contribution in [-0.4, -0.2) is 27.2 Å². The van der Waals surface area contributed by atoms with Crippen LogP contribution in [0.25, 0.3) is 0 Å². The van der Waals surface area contributed by atoms with E-state index in [0.29, 0.717) is 18.6 Å². The number of rotatable bonds is 1. The normalized spacial score (nSPS) is 22.8. The van der Waals surface area contributed by atoms with E-state index in [1.165, 1.54) is 13.2 Å². The van der Waals surface area contributed by atoms with Crippen molar-refractivity contribution in [2.75, 3.05) is 18.2 Å². The molecule has 0 unspecified atom stereocenters. The monoisotopic (exact) mass is 267 g/mol. The number of sulfone groups is 1. The second kappa shape index (κ2) is 3.47. The SMILES string of the molecule is COc1cccc2c1NC(=O)C1(CC1)CS2(=O)=O. The van der Waals surface area contributed by atoms with Gasteiger partial charge in [0.15, 0.2) is 9.84 Å². The van der Waals surface area contributed by atoms with Crippen molar-refractivity contribution in [3.63, 3.8) is 0 Å². The summed E-state index contributed by atoms with van der Waals surface area (Å²) < 4.78 is 29.7. The molecule has 5 nitrogen and oxygen atoms in total. The number of nitrogens with one attached hydrogen (secondary N) is 1. The fourth-order valence-corrected chi connectivity index (χ4v) is 4.39. The Kier molecular flexibility index (Phi) is 2.22. The Morgan fingerprint density at radius 1 is 1.33 bits per heavy atom. The van der Waals surface area contributed by atoms with Gasteiger partial charge in [-0.3, -0.25) is 4.79 Å². The number of methoxy groups -OCH3 is 1. The third-order valence-electron chi connectivity index (χ3n) is 3.58. The van der Waals surface area contributed by atoms with E-state index >= 15 is 0 Å². The average Bonchev–Trinajstić information content (AvgIpc) is 3.09. The van der Waals surface area contributed by atoms with Crippen molar-refractivity contribution in [3.8, 4) is 5.75 Å². The molecule has 1 aliphatic carbocycles. The largest absolute Gasteiger partial charge is 0.495 e. The zero-order valence-corrected chi connectivity index (χ0v) is 10.7. The predicted octanol–water partition coefficient (Wildman–Crippen LogP) is 1.20. The molecule has 0 saturated heterocycles. The first-order valence-corrected chi connectivity index (χ1v) is 7.35. The molecule has 1 fully saturated rings. The second-order valence-electron chi connectivity index (χ2n) is 4.83. The molecule has 0 radical (unpaired) electrons. The van der Waals surface area contributed by atoms with Crippen LogP contribution in [0.3, 0.4) is 0 Å². The number of amides is 1. The van der Waals surface area contributed by atoms with Crippen LogP contribution in [0.5, 0.6) is 5.75 Å². The van der Waals surface area contributed by atoms with Gasteiger partial charge in [0.05, 0.1) is 23.2 Å². The van der Waals surface area contributed by atoms with Gasteiger partial charge >= 0.3 is 0 Å². The molecule has 1 heterocycles. The molecule has 0 bridgehead atoms. The van der Waals surface area contributed by atoms with E-state index in [0.717, 1.165) is 0 Å². The maximum absolute atomic E-state index is 12.3. The summed E-state index contributed by atoms with van der Waals surface area (Å²) in [7, 11) is -2.00. The van der Waals surface area contributed by atoms with Crippen molar-refractivity contribution in [2.45, 2.75) is 17.7 Å².